The lowest BCUT2D eigenvalue weighted by atomic mass is 10.4. The van der Waals surface area contributed by atoms with Gasteiger partial charge in [0.05, 0.1) is 6.26 Å². The molecule has 0 aliphatic carbocycles. The molecule has 0 aromatic rings. The SMILES string of the molecule is C=COC(=O)C(C)=C[SiH3]. The molecule has 0 N–H and O–H groups in total. The highest BCUT2D eigenvalue weighted by molar-refractivity contribution is 6.19. The van der Waals surface area contributed by atoms with Gasteiger partial charge in [0.25, 0.3) is 0 Å². The molecule has 0 heterocycles. The van der Waals surface area contributed by atoms with Crippen LogP contribution in [0.2, 0.25) is 0 Å². The zero-order valence-electron chi connectivity index (χ0n) is 5.68. The zero-order chi connectivity index (χ0) is 7.28. The predicted molar refractivity (Wildman–Crippen MR) is 40.0 cm³/mol. The molecule has 0 aliphatic heterocycles. The lowest BCUT2D eigenvalue weighted by Gasteiger charge is -1.94. The molecule has 0 aromatic heterocycles. The normalized spacial score (nSPS) is 11.0. The molecule has 2 nitrogen and oxygen atoms in total. The molecule has 0 rings (SSSR count). The quantitative estimate of drug-likeness (QED) is 0.234. The number of carbonyl (C=O) groups is 1. The van der Waals surface area contributed by atoms with E-state index in [1.54, 1.807) is 6.92 Å². The van der Waals surface area contributed by atoms with E-state index < -0.39 is 0 Å². The summed E-state index contributed by atoms with van der Waals surface area (Å²) < 4.78 is 4.47. The molecule has 0 spiro atoms. The molecule has 0 fully saturated rings. The summed E-state index contributed by atoms with van der Waals surface area (Å²) in [5, 5.41) is 0. The van der Waals surface area contributed by atoms with E-state index in [0.717, 1.165) is 16.5 Å². The molecular weight excluding hydrogens is 132 g/mol. The van der Waals surface area contributed by atoms with Crippen LogP contribution in [-0.4, -0.2) is 16.2 Å². The Balaban J connectivity index is 3.88. The monoisotopic (exact) mass is 142 g/mol. The van der Waals surface area contributed by atoms with Gasteiger partial charge in [-0.1, -0.05) is 12.3 Å². The van der Waals surface area contributed by atoms with Crippen LogP contribution in [0, 0.1) is 0 Å². The van der Waals surface area contributed by atoms with Gasteiger partial charge in [-0.25, -0.2) is 4.79 Å². The average molecular weight is 142 g/mol. The van der Waals surface area contributed by atoms with Gasteiger partial charge in [0, 0.05) is 15.8 Å². The number of hydrogen-bond acceptors (Lipinski definition) is 2. The van der Waals surface area contributed by atoms with Gasteiger partial charge in [0.2, 0.25) is 0 Å². The Hall–Kier alpha value is -0.833. The Labute approximate surface area is 57.6 Å². The van der Waals surface area contributed by atoms with Crippen molar-refractivity contribution in [1.29, 1.82) is 0 Å². The molecule has 0 aromatic carbocycles. The molecule has 50 valence electrons. The first-order valence-corrected chi connectivity index (χ1v) is 3.82. The van der Waals surface area contributed by atoms with Crippen molar-refractivity contribution in [2.24, 2.45) is 0 Å². The van der Waals surface area contributed by atoms with E-state index in [9.17, 15) is 4.79 Å². The highest BCUT2D eigenvalue weighted by atomic mass is 28.1. The molecule has 3 heteroatoms. The van der Waals surface area contributed by atoms with Crippen molar-refractivity contribution in [1.82, 2.24) is 0 Å². The van der Waals surface area contributed by atoms with Crippen molar-refractivity contribution >= 4 is 16.2 Å². The van der Waals surface area contributed by atoms with Gasteiger partial charge in [-0.05, 0) is 6.92 Å². The van der Waals surface area contributed by atoms with Gasteiger partial charge in [-0.3, -0.25) is 0 Å². The molecule has 0 aliphatic rings. The number of hydrogen-bond donors (Lipinski definition) is 0. The fourth-order valence-electron chi connectivity index (χ4n) is 0.286. The highest BCUT2D eigenvalue weighted by Gasteiger charge is 1.99. The second kappa shape index (κ2) is 4.09. The van der Waals surface area contributed by atoms with Gasteiger partial charge >= 0.3 is 5.97 Å². The number of esters is 1. The predicted octanol–water partition coefficient (Wildman–Crippen LogP) is -0.0577. The number of ether oxygens (including phenoxy) is 1. The highest BCUT2D eigenvalue weighted by Crippen LogP contribution is 1.93. The molecule has 0 saturated carbocycles. The Morgan fingerprint density at radius 1 is 1.78 bits per heavy atom. The van der Waals surface area contributed by atoms with Crippen LogP contribution < -0.4 is 0 Å². The maximum atomic E-state index is 10.6. The molecule has 0 bridgehead atoms. The van der Waals surface area contributed by atoms with Crippen molar-refractivity contribution in [3.8, 4) is 0 Å². The first kappa shape index (κ1) is 8.17. The van der Waals surface area contributed by atoms with E-state index in [-0.39, 0.29) is 5.97 Å². The third-order valence-corrected chi connectivity index (χ3v) is 1.81. The molecule has 0 atom stereocenters. The van der Waals surface area contributed by atoms with Crippen molar-refractivity contribution in [2.75, 3.05) is 0 Å². The van der Waals surface area contributed by atoms with Crippen molar-refractivity contribution in [3.05, 3.63) is 24.1 Å². The molecule has 0 unspecified atom stereocenters. The standard InChI is InChI=1S/C6H10O2Si/c1-3-8-6(7)5(2)4-9/h3-4H,1H2,2,9H3. The van der Waals surface area contributed by atoms with E-state index in [1.165, 1.54) is 0 Å². The molecular formula is C6H10O2Si. The third kappa shape index (κ3) is 2.87. The molecule has 0 saturated heterocycles. The first-order chi connectivity index (χ1) is 4.22. The van der Waals surface area contributed by atoms with E-state index in [4.69, 9.17) is 0 Å². The minimum absolute atomic E-state index is 0.306. The maximum Gasteiger partial charge on any atom is 0.337 e. The Morgan fingerprint density at radius 2 is 2.33 bits per heavy atom. The van der Waals surface area contributed by atoms with Crippen LogP contribution >= 0.6 is 0 Å². The van der Waals surface area contributed by atoms with Gasteiger partial charge in [-0.15, -0.1) is 0 Å². The Kier molecular flexibility index (Phi) is 3.71. The summed E-state index contributed by atoms with van der Waals surface area (Å²) in [6.45, 7) is 4.98. The lowest BCUT2D eigenvalue weighted by Crippen LogP contribution is -2.00. The van der Waals surface area contributed by atoms with Crippen LogP contribution in [0.1, 0.15) is 6.92 Å². The van der Waals surface area contributed by atoms with Crippen molar-refractivity contribution < 1.29 is 9.53 Å². The largest absolute Gasteiger partial charge is 0.432 e. The van der Waals surface area contributed by atoms with Gasteiger partial charge in [0.15, 0.2) is 0 Å². The fourth-order valence-corrected chi connectivity index (χ4v) is 0.522. The summed E-state index contributed by atoms with van der Waals surface area (Å²) >= 11 is 0. The second-order valence-corrected chi connectivity index (χ2v) is 2.12. The molecule has 0 radical (unpaired) electrons. The molecule has 0 amide bonds. The summed E-state index contributed by atoms with van der Waals surface area (Å²) in [6.07, 6.45) is 1.14. The van der Waals surface area contributed by atoms with Gasteiger partial charge in [-0.2, -0.15) is 0 Å². The summed E-state index contributed by atoms with van der Waals surface area (Å²) in [4.78, 5) is 10.6. The maximum absolute atomic E-state index is 10.6. The van der Waals surface area contributed by atoms with Gasteiger partial charge in [0.1, 0.15) is 0 Å². The fraction of sp³-hybridized carbons (Fsp3) is 0.167. The first-order valence-electron chi connectivity index (χ1n) is 2.67. The van der Waals surface area contributed by atoms with Crippen molar-refractivity contribution in [3.63, 3.8) is 0 Å². The zero-order valence-corrected chi connectivity index (χ0v) is 7.68. The third-order valence-electron chi connectivity index (χ3n) is 0.945. The minimum atomic E-state index is -0.306. The molecule has 9 heavy (non-hydrogen) atoms. The van der Waals surface area contributed by atoms with Crippen LogP contribution in [0.4, 0.5) is 0 Å². The average Bonchev–Trinajstić information content (AvgIpc) is 1.87. The van der Waals surface area contributed by atoms with E-state index in [0.29, 0.717) is 5.57 Å². The number of carbonyl (C=O) groups excluding carboxylic acids is 1. The van der Waals surface area contributed by atoms with Crippen LogP contribution in [0.5, 0.6) is 0 Å². The van der Waals surface area contributed by atoms with Crippen LogP contribution in [0.15, 0.2) is 24.1 Å². The van der Waals surface area contributed by atoms with Crippen LogP contribution in [-0.2, 0) is 9.53 Å². The second-order valence-electron chi connectivity index (χ2n) is 1.54. The van der Waals surface area contributed by atoms with Crippen LogP contribution in [0.25, 0.3) is 0 Å². The number of rotatable bonds is 2. The van der Waals surface area contributed by atoms with E-state index in [1.807, 2.05) is 5.70 Å². The van der Waals surface area contributed by atoms with E-state index >= 15 is 0 Å². The van der Waals surface area contributed by atoms with E-state index in [2.05, 4.69) is 11.3 Å². The lowest BCUT2D eigenvalue weighted by molar-refractivity contribution is -0.133. The summed E-state index contributed by atoms with van der Waals surface area (Å²) in [5.74, 6) is -0.306. The summed E-state index contributed by atoms with van der Waals surface area (Å²) in [5.41, 5.74) is 2.48. The van der Waals surface area contributed by atoms with Gasteiger partial charge < -0.3 is 4.74 Å². The topological polar surface area (TPSA) is 26.3 Å². The summed E-state index contributed by atoms with van der Waals surface area (Å²) in [7, 11) is 0.881. The minimum Gasteiger partial charge on any atom is -0.432 e. The summed E-state index contributed by atoms with van der Waals surface area (Å²) in [6, 6.07) is 0. The smallest absolute Gasteiger partial charge is 0.337 e. The van der Waals surface area contributed by atoms with Crippen LogP contribution in [0.3, 0.4) is 0 Å². The van der Waals surface area contributed by atoms with Crippen molar-refractivity contribution in [2.45, 2.75) is 6.92 Å². The Morgan fingerprint density at radius 3 is 2.67 bits per heavy atom. The Bertz CT molecular complexity index is 149.